The van der Waals surface area contributed by atoms with Crippen LogP contribution in [0.2, 0.25) is 5.02 Å². The highest BCUT2D eigenvalue weighted by atomic mass is 35.5. The molecule has 1 aliphatic carbocycles. The van der Waals surface area contributed by atoms with Crippen LogP contribution in [-0.4, -0.2) is 36.0 Å². The van der Waals surface area contributed by atoms with Crippen molar-refractivity contribution in [3.63, 3.8) is 0 Å². The van der Waals surface area contributed by atoms with Crippen LogP contribution in [0.4, 0.5) is 4.39 Å². The molecule has 170 valence electrons. The minimum Gasteiger partial charge on any atom is -0.452 e. The first kappa shape index (κ1) is 22.8. The number of benzene rings is 3. The summed E-state index contributed by atoms with van der Waals surface area (Å²) in [6, 6.07) is 13.9. The molecule has 2 N–H and O–H groups in total. The molecule has 3 aromatic carbocycles. The average Bonchev–Trinajstić information content (AvgIpc) is 2.84. The second kappa shape index (κ2) is 9.24. The fourth-order valence-corrected chi connectivity index (χ4v) is 3.72. The van der Waals surface area contributed by atoms with Crippen LogP contribution in [-0.2, 0) is 9.53 Å². The van der Waals surface area contributed by atoms with E-state index in [2.05, 4.69) is 0 Å². The summed E-state index contributed by atoms with van der Waals surface area (Å²) in [5.74, 6) is -4.54. The van der Waals surface area contributed by atoms with Gasteiger partial charge in [-0.25, -0.2) is 9.18 Å². The van der Waals surface area contributed by atoms with Gasteiger partial charge < -0.3 is 4.74 Å². The second-order valence-corrected chi connectivity index (χ2v) is 7.49. The number of fused-ring (bicyclic) bond motifs is 2. The maximum absolute atomic E-state index is 13.6. The highest BCUT2D eigenvalue weighted by molar-refractivity contribution is 6.41. The largest absolute Gasteiger partial charge is 0.452 e. The van der Waals surface area contributed by atoms with Gasteiger partial charge in [-0.05, 0) is 24.3 Å². The van der Waals surface area contributed by atoms with Crippen LogP contribution < -0.4 is 10.9 Å². The lowest BCUT2D eigenvalue weighted by Crippen LogP contribution is -2.43. The predicted octanol–water partition coefficient (Wildman–Crippen LogP) is 2.87. The number of carbonyl (C=O) groups excluding carboxylic acids is 5. The van der Waals surface area contributed by atoms with Gasteiger partial charge in [0.05, 0.1) is 21.7 Å². The number of halogens is 2. The first-order chi connectivity index (χ1) is 16.3. The highest BCUT2D eigenvalue weighted by Crippen LogP contribution is 2.34. The molecular weight excluding hydrogens is 467 g/mol. The topological polar surface area (TPSA) is 119 Å². The Hall–Kier alpha value is -4.37. The van der Waals surface area contributed by atoms with E-state index in [9.17, 15) is 28.4 Å². The highest BCUT2D eigenvalue weighted by Gasteiger charge is 2.33. The van der Waals surface area contributed by atoms with Crippen LogP contribution in [0.5, 0.6) is 0 Å². The van der Waals surface area contributed by atoms with Crippen molar-refractivity contribution in [1.29, 1.82) is 0 Å². The van der Waals surface area contributed by atoms with Gasteiger partial charge in [-0.15, -0.1) is 0 Å². The predicted molar refractivity (Wildman–Crippen MR) is 117 cm³/mol. The van der Waals surface area contributed by atoms with Gasteiger partial charge in [0.1, 0.15) is 5.82 Å². The minimum atomic E-state index is -1.03. The minimum absolute atomic E-state index is 0.0545. The number of ketones is 2. The molecule has 0 fully saturated rings. The van der Waals surface area contributed by atoms with E-state index in [-0.39, 0.29) is 38.4 Å². The summed E-state index contributed by atoms with van der Waals surface area (Å²) >= 11 is 6.28. The summed E-state index contributed by atoms with van der Waals surface area (Å²) in [4.78, 5) is 61.9. The summed E-state index contributed by atoms with van der Waals surface area (Å²) < 4.78 is 18.5. The van der Waals surface area contributed by atoms with Gasteiger partial charge in [-0.1, -0.05) is 48.0 Å². The van der Waals surface area contributed by atoms with Gasteiger partial charge in [0.15, 0.2) is 18.2 Å². The molecule has 2 amide bonds. The summed E-state index contributed by atoms with van der Waals surface area (Å²) in [5, 5.41) is -0.274. The molecule has 0 atom stereocenters. The van der Waals surface area contributed by atoms with Crippen molar-refractivity contribution >= 4 is 41.0 Å². The van der Waals surface area contributed by atoms with Gasteiger partial charge in [0.25, 0.3) is 11.8 Å². The molecule has 0 aliphatic heterocycles. The van der Waals surface area contributed by atoms with E-state index in [1.165, 1.54) is 42.5 Å². The first-order valence-electron chi connectivity index (χ1n) is 9.81. The molecule has 0 saturated heterocycles. The monoisotopic (exact) mass is 480 g/mol. The standard InChI is InChI=1S/C24H14ClFN2O6/c25-20-16(10-9-15-19(20)22(31)13-6-2-1-5-12(13)21(15)30)24(33)34-11-18(29)27-28-23(32)14-7-3-4-8-17(14)26/h1-10H,11H2,(H,27,29)(H,28,32). The number of rotatable bonds is 4. The van der Waals surface area contributed by atoms with Crippen molar-refractivity contribution in [2.24, 2.45) is 0 Å². The van der Waals surface area contributed by atoms with Crippen LogP contribution in [0.15, 0.2) is 60.7 Å². The quantitative estimate of drug-likeness (QED) is 0.342. The maximum atomic E-state index is 13.6. The van der Waals surface area contributed by atoms with Gasteiger partial charge >= 0.3 is 5.97 Å². The Bertz CT molecular complexity index is 1390. The Balaban J connectivity index is 1.43. The van der Waals surface area contributed by atoms with E-state index in [4.69, 9.17) is 16.3 Å². The van der Waals surface area contributed by atoms with E-state index < -0.39 is 41.8 Å². The molecule has 0 radical (unpaired) electrons. The Labute approximate surface area is 196 Å². The van der Waals surface area contributed by atoms with E-state index in [1.807, 2.05) is 10.9 Å². The molecule has 0 unspecified atom stereocenters. The number of amides is 2. The SMILES string of the molecule is O=C(COC(=O)c1ccc2c(c1Cl)C(=O)c1ccccc1C2=O)NNC(=O)c1ccccc1F. The van der Waals surface area contributed by atoms with Crippen molar-refractivity contribution in [2.45, 2.75) is 0 Å². The lowest BCUT2D eigenvalue weighted by Gasteiger charge is -2.19. The number of hydrogen-bond acceptors (Lipinski definition) is 6. The van der Waals surface area contributed by atoms with E-state index in [0.717, 1.165) is 6.07 Å². The molecule has 0 aromatic heterocycles. The maximum Gasteiger partial charge on any atom is 0.340 e. The number of nitrogens with one attached hydrogen (secondary N) is 2. The Morgan fingerprint density at radius 1 is 0.794 bits per heavy atom. The summed E-state index contributed by atoms with van der Waals surface area (Å²) in [5.41, 5.74) is 3.81. The van der Waals surface area contributed by atoms with Crippen LogP contribution in [0.25, 0.3) is 0 Å². The fraction of sp³-hybridized carbons (Fsp3) is 0.0417. The number of hydrogen-bond donors (Lipinski definition) is 2. The number of esters is 1. The smallest absolute Gasteiger partial charge is 0.340 e. The fourth-order valence-electron chi connectivity index (χ4n) is 3.39. The third-order valence-electron chi connectivity index (χ3n) is 5.02. The molecule has 0 heterocycles. The lowest BCUT2D eigenvalue weighted by atomic mass is 9.83. The second-order valence-electron chi connectivity index (χ2n) is 7.11. The molecule has 1 aliphatic rings. The molecule has 0 bridgehead atoms. The zero-order chi connectivity index (χ0) is 24.4. The van der Waals surface area contributed by atoms with E-state index in [1.54, 1.807) is 12.1 Å². The van der Waals surface area contributed by atoms with Crippen molar-refractivity contribution in [3.8, 4) is 0 Å². The Morgan fingerprint density at radius 3 is 2.15 bits per heavy atom. The molecule has 8 nitrogen and oxygen atoms in total. The first-order valence-corrected chi connectivity index (χ1v) is 10.2. The Morgan fingerprint density at radius 2 is 1.44 bits per heavy atom. The van der Waals surface area contributed by atoms with Crippen molar-refractivity contribution in [3.05, 3.63) is 105 Å². The summed E-state index contributed by atoms with van der Waals surface area (Å²) in [7, 11) is 0. The van der Waals surface area contributed by atoms with Crippen LogP contribution in [0.1, 0.15) is 52.6 Å². The number of carbonyl (C=O) groups is 5. The molecule has 0 saturated carbocycles. The molecular formula is C24H14ClFN2O6. The summed E-state index contributed by atoms with van der Waals surface area (Å²) in [6.45, 7) is -0.806. The lowest BCUT2D eigenvalue weighted by molar-refractivity contribution is -0.125. The third kappa shape index (κ3) is 4.16. The van der Waals surface area contributed by atoms with E-state index >= 15 is 0 Å². The zero-order valence-electron chi connectivity index (χ0n) is 17.2. The normalized spacial score (nSPS) is 11.8. The summed E-state index contributed by atoms with van der Waals surface area (Å²) in [6.07, 6.45) is 0. The molecule has 3 aromatic rings. The molecule has 34 heavy (non-hydrogen) atoms. The van der Waals surface area contributed by atoms with E-state index in [0.29, 0.717) is 0 Å². The molecule has 10 heteroatoms. The number of ether oxygens (including phenoxy) is 1. The third-order valence-corrected chi connectivity index (χ3v) is 5.41. The molecule has 4 rings (SSSR count). The molecule has 0 spiro atoms. The van der Waals surface area contributed by atoms with Gasteiger partial charge in [-0.2, -0.15) is 0 Å². The average molecular weight is 481 g/mol. The van der Waals surface area contributed by atoms with Gasteiger partial charge in [0.2, 0.25) is 0 Å². The zero-order valence-corrected chi connectivity index (χ0v) is 17.9. The van der Waals surface area contributed by atoms with Crippen LogP contribution in [0, 0.1) is 5.82 Å². The number of hydrazine groups is 1. The van der Waals surface area contributed by atoms with Crippen molar-refractivity contribution in [2.75, 3.05) is 6.61 Å². The Kier molecular flexibility index (Phi) is 6.20. The van der Waals surface area contributed by atoms with Gasteiger partial charge in [-0.3, -0.25) is 30.0 Å². The van der Waals surface area contributed by atoms with Crippen molar-refractivity contribution in [1.82, 2.24) is 10.9 Å². The van der Waals surface area contributed by atoms with Gasteiger partial charge in [0, 0.05) is 16.7 Å². The van der Waals surface area contributed by atoms with Crippen LogP contribution in [0.3, 0.4) is 0 Å². The van der Waals surface area contributed by atoms with Crippen molar-refractivity contribution < 1.29 is 33.1 Å². The van der Waals surface area contributed by atoms with Crippen LogP contribution >= 0.6 is 11.6 Å².